The van der Waals surface area contributed by atoms with Gasteiger partial charge in [-0.15, -0.1) is 0 Å². The zero-order chi connectivity index (χ0) is 14.0. The molecule has 0 bridgehead atoms. The maximum atomic E-state index is 2.31. The van der Waals surface area contributed by atoms with Crippen molar-refractivity contribution in [2.24, 2.45) is 0 Å². The van der Waals surface area contributed by atoms with Gasteiger partial charge in [-0.25, -0.2) is 0 Å². The minimum atomic E-state index is 1.06. The summed E-state index contributed by atoms with van der Waals surface area (Å²) in [4.78, 5) is 0. The van der Waals surface area contributed by atoms with Crippen LogP contribution in [0.2, 0.25) is 0 Å². The summed E-state index contributed by atoms with van der Waals surface area (Å²) in [5.74, 6) is 0. The maximum Gasteiger partial charge on any atom is -0.0169 e. The Bertz CT molecular complexity index is 266. The largest absolute Gasteiger partial charge is 0.0882 e. The van der Waals surface area contributed by atoms with Gasteiger partial charge in [-0.1, -0.05) is 81.7 Å². The summed E-state index contributed by atoms with van der Waals surface area (Å²) in [6, 6.07) is 0. The lowest BCUT2D eigenvalue weighted by atomic mass is 10.2. The molecule has 0 heteroatoms. The molecule has 0 nitrogen and oxygen atoms in total. The van der Waals surface area contributed by atoms with Gasteiger partial charge < -0.3 is 0 Å². The molecule has 0 aromatic heterocycles. The van der Waals surface area contributed by atoms with Gasteiger partial charge in [0.1, 0.15) is 0 Å². The average molecular weight is 260 g/mol. The molecule has 0 aromatic carbocycles. The van der Waals surface area contributed by atoms with Crippen LogP contribution in [0.15, 0.2) is 48.6 Å². The summed E-state index contributed by atoms with van der Waals surface area (Å²) in [6.07, 6.45) is 29.0. The Kier molecular flexibility index (Phi) is 16.0. The quantitative estimate of drug-likeness (QED) is 0.268. The van der Waals surface area contributed by atoms with E-state index in [1.807, 2.05) is 0 Å². The summed E-state index contributed by atoms with van der Waals surface area (Å²) < 4.78 is 0. The monoisotopic (exact) mass is 260 g/mol. The van der Waals surface area contributed by atoms with Gasteiger partial charge in [-0.2, -0.15) is 0 Å². The molecule has 0 fully saturated rings. The van der Waals surface area contributed by atoms with Crippen molar-refractivity contribution in [3.63, 3.8) is 0 Å². The molecule has 19 heavy (non-hydrogen) atoms. The predicted octanol–water partition coefficient (Wildman–Crippen LogP) is 6.76. The van der Waals surface area contributed by atoms with E-state index in [0.717, 1.165) is 19.3 Å². The van der Waals surface area contributed by atoms with Crippen molar-refractivity contribution >= 4 is 0 Å². The number of rotatable bonds is 12. The molecule has 0 unspecified atom stereocenters. The van der Waals surface area contributed by atoms with Crippen LogP contribution < -0.4 is 0 Å². The maximum absolute atomic E-state index is 2.31. The Morgan fingerprint density at radius 2 is 0.947 bits per heavy atom. The zero-order valence-corrected chi connectivity index (χ0v) is 13.0. The highest BCUT2D eigenvalue weighted by Gasteiger charge is 1.80. The first kappa shape index (κ1) is 18.0. The molecule has 0 aliphatic rings. The molecule has 108 valence electrons. The third kappa shape index (κ3) is 17.0. The van der Waals surface area contributed by atoms with Gasteiger partial charge in [-0.3, -0.25) is 0 Å². The third-order valence-corrected chi connectivity index (χ3v) is 2.91. The number of unbranched alkanes of at least 4 members (excludes halogenated alkanes) is 4. The molecule has 0 atom stereocenters. The second kappa shape index (κ2) is 17.0. The topological polar surface area (TPSA) is 0 Å². The molecule has 0 heterocycles. The second-order valence-corrected chi connectivity index (χ2v) is 4.88. The van der Waals surface area contributed by atoms with Gasteiger partial charge in [0.05, 0.1) is 0 Å². The van der Waals surface area contributed by atoms with Crippen LogP contribution in [-0.4, -0.2) is 0 Å². The van der Waals surface area contributed by atoms with Crippen molar-refractivity contribution in [2.45, 2.75) is 71.6 Å². The molecule has 0 aliphatic heterocycles. The highest BCUT2D eigenvalue weighted by molar-refractivity contribution is 4.99. The van der Waals surface area contributed by atoms with E-state index in [4.69, 9.17) is 0 Å². The molecule has 0 aromatic rings. The highest BCUT2D eigenvalue weighted by atomic mass is 13.9. The van der Waals surface area contributed by atoms with Gasteiger partial charge in [0.2, 0.25) is 0 Å². The van der Waals surface area contributed by atoms with Crippen molar-refractivity contribution in [3.05, 3.63) is 48.6 Å². The molecule has 0 aliphatic carbocycles. The Morgan fingerprint density at radius 3 is 1.42 bits per heavy atom. The normalized spacial score (nSPS) is 12.7. The zero-order valence-electron chi connectivity index (χ0n) is 13.0. The Labute approximate surface area is 121 Å². The standard InChI is InChI=1S/C19H32/c1-3-5-7-9-11-13-15-17-19-18-16-14-12-10-8-6-4-2/h7,9,12-15,18-19H,3-6,8,10-11,16-17H2,1-2H3/b9-7-,14-12-,15-13-,19-18-. The third-order valence-electron chi connectivity index (χ3n) is 2.91. The smallest absolute Gasteiger partial charge is 0.0169 e. The SMILES string of the molecule is CCC/C=C\C/C=C\C/C=C\C/C=C\CCCCC. The minimum absolute atomic E-state index is 1.06. The fourth-order valence-corrected chi connectivity index (χ4v) is 1.73. The molecule has 0 radical (unpaired) electrons. The minimum Gasteiger partial charge on any atom is -0.0882 e. The van der Waals surface area contributed by atoms with Crippen LogP contribution in [0.1, 0.15) is 71.6 Å². The van der Waals surface area contributed by atoms with E-state index in [0.29, 0.717) is 0 Å². The van der Waals surface area contributed by atoms with Crippen LogP contribution in [0.3, 0.4) is 0 Å². The molecule has 0 rings (SSSR count). The fraction of sp³-hybridized carbons (Fsp3) is 0.579. The van der Waals surface area contributed by atoms with E-state index >= 15 is 0 Å². The van der Waals surface area contributed by atoms with E-state index in [2.05, 4.69) is 62.5 Å². The molecule has 0 saturated carbocycles. The summed E-state index contributed by atoms with van der Waals surface area (Å²) in [5, 5.41) is 0. The molecule has 0 amide bonds. The average Bonchev–Trinajstić information content (AvgIpc) is 2.43. The first-order chi connectivity index (χ1) is 9.41. The molecule has 0 spiro atoms. The van der Waals surface area contributed by atoms with Crippen molar-refractivity contribution in [3.8, 4) is 0 Å². The van der Waals surface area contributed by atoms with Gasteiger partial charge in [0.15, 0.2) is 0 Å². The first-order valence-corrected chi connectivity index (χ1v) is 8.01. The Morgan fingerprint density at radius 1 is 0.474 bits per heavy atom. The number of hydrogen-bond acceptors (Lipinski definition) is 0. The molecular weight excluding hydrogens is 228 g/mol. The van der Waals surface area contributed by atoms with Crippen LogP contribution in [0.5, 0.6) is 0 Å². The number of hydrogen-bond donors (Lipinski definition) is 0. The van der Waals surface area contributed by atoms with Gasteiger partial charge in [0, 0.05) is 0 Å². The first-order valence-electron chi connectivity index (χ1n) is 8.01. The van der Waals surface area contributed by atoms with E-state index in [9.17, 15) is 0 Å². The van der Waals surface area contributed by atoms with Gasteiger partial charge >= 0.3 is 0 Å². The Hall–Kier alpha value is -1.04. The van der Waals surface area contributed by atoms with E-state index in [-0.39, 0.29) is 0 Å². The van der Waals surface area contributed by atoms with Gasteiger partial charge in [0.25, 0.3) is 0 Å². The van der Waals surface area contributed by atoms with Crippen LogP contribution >= 0.6 is 0 Å². The van der Waals surface area contributed by atoms with Crippen LogP contribution in [0.4, 0.5) is 0 Å². The van der Waals surface area contributed by atoms with Gasteiger partial charge in [-0.05, 0) is 38.5 Å². The highest BCUT2D eigenvalue weighted by Crippen LogP contribution is 2.00. The number of allylic oxidation sites excluding steroid dienone is 8. The van der Waals surface area contributed by atoms with Crippen LogP contribution in [0.25, 0.3) is 0 Å². The van der Waals surface area contributed by atoms with Crippen LogP contribution in [-0.2, 0) is 0 Å². The lowest BCUT2D eigenvalue weighted by molar-refractivity contribution is 0.728. The second-order valence-electron chi connectivity index (χ2n) is 4.88. The van der Waals surface area contributed by atoms with Crippen LogP contribution in [0, 0.1) is 0 Å². The lowest BCUT2D eigenvalue weighted by Crippen LogP contribution is -1.70. The molecule has 0 saturated heterocycles. The van der Waals surface area contributed by atoms with Crippen molar-refractivity contribution in [1.29, 1.82) is 0 Å². The van der Waals surface area contributed by atoms with Crippen molar-refractivity contribution in [2.75, 3.05) is 0 Å². The Balaban J connectivity index is 3.35. The van der Waals surface area contributed by atoms with E-state index in [1.165, 1.54) is 38.5 Å². The predicted molar refractivity (Wildman–Crippen MR) is 89.5 cm³/mol. The van der Waals surface area contributed by atoms with Crippen molar-refractivity contribution in [1.82, 2.24) is 0 Å². The van der Waals surface area contributed by atoms with E-state index < -0.39 is 0 Å². The lowest BCUT2D eigenvalue weighted by Gasteiger charge is -1.90. The summed E-state index contributed by atoms with van der Waals surface area (Å²) in [5.41, 5.74) is 0. The van der Waals surface area contributed by atoms with E-state index in [1.54, 1.807) is 0 Å². The summed E-state index contributed by atoms with van der Waals surface area (Å²) in [6.45, 7) is 4.46. The molecule has 0 N–H and O–H groups in total. The summed E-state index contributed by atoms with van der Waals surface area (Å²) >= 11 is 0. The fourth-order valence-electron chi connectivity index (χ4n) is 1.73. The van der Waals surface area contributed by atoms with Crippen molar-refractivity contribution < 1.29 is 0 Å². The molecular formula is C19H32. The summed E-state index contributed by atoms with van der Waals surface area (Å²) in [7, 11) is 0.